The van der Waals surface area contributed by atoms with Gasteiger partial charge in [0.15, 0.2) is 11.5 Å². The minimum atomic E-state index is -1.26. The Balaban J connectivity index is 0.000000265. The number of hydrogen-bond donors (Lipinski definition) is 2. The second-order valence-corrected chi connectivity index (χ2v) is 7.52. The van der Waals surface area contributed by atoms with Crippen LogP contribution < -0.4 is 14.4 Å². The number of rotatable bonds is 4. The molecule has 3 fully saturated rings. The number of carboxylic acid groups (broad SMARTS) is 2. The van der Waals surface area contributed by atoms with Crippen LogP contribution in [0.4, 0.5) is 6.01 Å². The lowest BCUT2D eigenvalue weighted by Crippen LogP contribution is -2.38. The predicted molar refractivity (Wildman–Crippen MR) is 112 cm³/mol. The van der Waals surface area contributed by atoms with Gasteiger partial charge in [-0.2, -0.15) is 0 Å². The summed E-state index contributed by atoms with van der Waals surface area (Å²) in [6.45, 7) is 5.52. The largest absolute Gasteiger partial charge is 0.486 e. The molecule has 1 aromatic heterocycles. The first-order valence-electron chi connectivity index (χ1n) is 10.4. The predicted octanol–water partition coefficient (Wildman–Crippen LogP) is 1.50. The Morgan fingerprint density at radius 2 is 1.62 bits per heavy atom. The minimum Gasteiger partial charge on any atom is -0.486 e. The van der Waals surface area contributed by atoms with E-state index in [1.54, 1.807) is 0 Å². The summed E-state index contributed by atoms with van der Waals surface area (Å²) in [6.07, 6.45) is 3.45. The van der Waals surface area contributed by atoms with Crippen molar-refractivity contribution >= 4 is 18.0 Å². The van der Waals surface area contributed by atoms with E-state index in [4.69, 9.17) is 24.1 Å². The molecule has 0 saturated carbocycles. The maximum absolute atomic E-state index is 9.55. The number of fused-ring (bicyclic) bond motifs is 5. The van der Waals surface area contributed by atoms with E-state index in [2.05, 4.69) is 20.0 Å². The Bertz CT molecular complexity index is 982. The van der Waals surface area contributed by atoms with Gasteiger partial charge in [0.2, 0.25) is 5.89 Å². The van der Waals surface area contributed by atoms with E-state index >= 15 is 0 Å². The smallest absolute Gasteiger partial charge is 0.328 e. The normalized spacial score (nSPS) is 21.6. The molecule has 3 saturated heterocycles. The van der Waals surface area contributed by atoms with E-state index in [1.807, 2.05) is 18.2 Å². The number of ether oxygens (including phenoxy) is 2. The fraction of sp³-hybridized carbons (Fsp3) is 0.429. The van der Waals surface area contributed by atoms with Gasteiger partial charge in [0.25, 0.3) is 0 Å². The zero-order valence-electron chi connectivity index (χ0n) is 17.3. The topological polar surface area (TPSA) is 138 Å². The SMILES string of the molecule is O=C(O)/C=C/C(=O)O.c1cc2c(cc1-c1nnc(N3CCN4CCC3CC4)o1)OCCO2. The van der Waals surface area contributed by atoms with E-state index in [9.17, 15) is 9.59 Å². The van der Waals surface area contributed by atoms with E-state index < -0.39 is 11.9 Å². The van der Waals surface area contributed by atoms with Gasteiger partial charge in [-0.1, -0.05) is 5.10 Å². The van der Waals surface area contributed by atoms with Crippen molar-refractivity contribution in [2.75, 3.05) is 44.3 Å². The van der Waals surface area contributed by atoms with Crippen molar-refractivity contribution in [2.24, 2.45) is 0 Å². The van der Waals surface area contributed by atoms with E-state index in [1.165, 1.54) is 25.9 Å². The van der Waals surface area contributed by atoms with Gasteiger partial charge in [0, 0.05) is 49.9 Å². The van der Waals surface area contributed by atoms with Gasteiger partial charge in [-0.3, -0.25) is 0 Å². The van der Waals surface area contributed by atoms with Gasteiger partial charge in [-0.25, -0.2) is 9.59 Å². The third kappa shape index (κ3) is 5.17. The molecule has 32 heavy (non-hydrogen) atoms. The summed E-state index contributed by atoms with van der Waals surface area (Å²) in [6, 6.07) is 6.89. The van der Waals surface area contributed by atoms with Crippen LogP contribution in [0.1, 0.15) is 12.8 Å². The summed E-state index contributed by atoms with van der Waals surface area (Å²) in [5.74, 6) is -0.483. The second kappa shape index (κ2) is 9.69. The Labute approximate surface area is 183 Å². The van der Waals surface area contributed by atoms with E-state index in [-0.39, 0.29) is 0 Å². The Morgan fingerprint density at radius 3 is 2.31 bits per heavy atom. The highest BCUT2D eigenvalue weighted by Gasteiger charge is 2.32. The highest BCUT2D eigenvalue weighted by molar-refractivity contribution is 5.89. The van der Waals surface area contributed by atoms with Crippen molar-refractivity contribution in [3.8, 4) is 23.0 Å². The molecule has 1 aromatic carbocycles. The van der Waals surface area contributed by atoms with Crippen LogP contribution in [0, 0.1) is 0 Å². The van der Waals surface area contributed by atoms with Gasteiger partial charge in [-0.05, 0) is 31.0 Å². The fourth-order valence-electron chi connectivity index (χ4n) is 3.91. The Hall–Kier alpha value is -3.60. The van der Waals surface area contributed by atoms with Crippen LogP contribution in [-0.4, -0.2) is 82.7 Å². The van der Waals surface area contributed by atoms with Crippen LogP contribution in [0.25, 0.3) is 11.5 Å². The van der Waals surface area contributed by atoms with Gasteiger partial charge >= 0.3 is 18.0 Å². The minimum absolute atomic E-state index is 0.511. The van der Waals surface area contributed by atoms with Crippen LogP contribution in [0.15, 0.2) is 34.8 Å². The molecule has 0 spiro atoms. The molecule has 2 bridgehead atoms. The molecule has 4 aliphatic rings. The first kappa shape index (κ1) is 21.6. The first-order valence-corrected chi connectivity index (χ1v) is 10.4. The zero-order valence-corrected chi connectivity index (χ0v) is 17.3. The summed E-state index contributed by atoms with van der Waals surface area (Å²) < 4.78 is 17.2. The van der Waals surface area contributed by atoms with Crippen molar-refractivity contribution in [1.82, 2.24) is 15.1 Å². The van der Waals surface area contributed by atoms with Crippen LogP contribution in [0.2, 0.25) is 0 Å². The van der Waals surface area contributed by atoms with Gasteiger partial charge in [0.1, 0.15) is 13.2 Å². The summed E-state index contributed by atoms with van der Waals surface area (Å²) in [4.78, 5) is 23.9. The number of aromatic nitrogens is 2. The number of benzene rings is 1. The summed E-state index contributed by atoms with van der Waals surface area (Å²) in [7, 11) is 0. The summed E-state index contributed by atoms with van der Waals surface area (Å²) in [5.41, 5.74) is 0.862. The molecule has 6 rings (SSSR count). The molecule has 2 N–H and O–H groups in total. The first-order chi connectivity index (χ1) is 15.5. The number of anilines is 1. The number of carboxylic acids is 2. The molecule has 11 heteroatoms. The lowest BCUT2D eigenvalue weighted by molar-refractivity contribution is -0.134. The van der Waals surface area contributed by atoms with Gasteiger partial charge in [-0.15, -0.1) is 5.10 Å². The Kier molecular flexibility index (Phi) is 6.55. The molecule has 2 aromatic rings. The van der Waals surface area contributed by atoms with Crippen LogP contribution in [0.5, 0.6) is 11.5 Å². The van der Waals surface area contributed by atoms with Crippen LogP contribution >= 0.6 is 0 Å². The molecule has 5 heterocycles. The number of nitrogens with zero attached hydrogens (tertiary/aromatic N) is 4. The third-order valence-electron chi connectivity index (χ3n) is 5.47. The van der Waals surface area contributed by atoms with E-state index in [0.29, 0.717) is 43.3 Å². The van der Waals surface area contributed by atoms with Crippen LogP contribution in [0.3, 0.4) is 0 Å². The number of hydrogen-bond acceptors (Lipinski definition) is 9. The lowest BCUT2D eigenvalue weighted by atomic mass is 10.1. The molecule has 0 unspecified atom stereocenters. The highest BCUT2D eigenvalue weighted by Crippen LogP contribution is 2.35. The maximum Gasteiger partial charge on any atom is 0.328 e. The molecule has 0 radical (unpaired) electrons. The standard InChI is InChI=1S/C17H20N4O3.C4H4O4/c1-2-14-15(23-10-9-22-14)11-12(1)16-18-19-17(24-16)21-8-7-20-5-3-13(21)4-6-20;5-3(6)1-2-4(7)8/h1-2,11,13H,3-10H2;1-2H,(H,5,6)(H,7,8)/b;2-1+. The van der Waals surface area contributed by atoms with Crippen molar-refractivity contribution in [2.45, 2.75) is 18.9 Å². The maximum atomic E-state index is 9.55. The van der Waals surface area contributed by atoms with Gasteiger partial charge < -0.3 is 33.9 Å². The number of aliphatic carboxylic acids is 2. The number of piperidine rings is 1. The number of carbonyl (C=O) groups is 2. The molecule has 0 atom stereocenters. The molecule has 170 valence electrons. The Morgan fingerprint density at radius 1 is 0.938 bits per heavy atom. The monoisotopic (exact) mass is 444 g/mol. The third-order valence-corrected chi connectivity index (χ3v) is 5.47. The average Bonchev–Trinajstić information content (AvgIpc) is 3.10. The zero-order chi connectivity index (χ0) is 22.5. The summed E-state index contributed by atoms with van der Waals surface area (Å²) in [5, 5.41) is 24.2. The van der Waals surface area contributed by atoms with Crippen molar-refractivity contribution in [1.29, 1.82) is 0 Å². The molecule has 4 aliphatic heterocycles. The highest BCUT2D eigenvalue weighted by atomic mass is 16.6. The van der Waals surface area contributed by atoms with Crippen molar-refractivity contribution < 1.29 is 33.7 Å². The van der Waals surface area contributed by atoms with Crippen LogP contribution in [-0.2, 0) is 9.59 Å². The van der Waals surface area contributed by atoms with Crippen molar-refractivity contribution in [3.05, 3.63) is 30.4 Å². The average molecular weight is 444 g/mol. The molecular formula is C21H24N4O7. The molecule has 11 nitrogen and oxygen atoms in total. The molecular weight excluding hydrogens is 420 g/mol. The van der Waals surface area contributed by atoms with E-state index in [0.717, 1.165) is 30.2 Å². The van der Waals surface area contributed by atoms with Crippen molar-refractivity contribution in [3.63, 3.8) is 0 Å². The van der Waals surface area contributed by atoms with Gasteiger partial charge in [0.05, 0.1) is 0 Å². The molecule has 0 amide bonds. The molecule has 0 aliphatic carbocycles. The fourth-order valence-corrected chi connectivity index (χ4v) is 3.91. The summed E-state index contributed by atoms with van der Waals surface area (Å²) >= 11 is 0. The quantitative estimate of drug-likeness (QED) is 0.663. The lowest BCUT2D eigenvalue weighted by Gasteiger charge is -2.29. The second-order valence-electron chi connectivity index (χ2n) is 7.52.